The fraction of sp³-hybridized carbons (Fsp3) is 0.474. The van der Waals surface area contributed by atoms with Gasteiger partial charge in [-0.15, -0.1) is 0 Å². The van der Waals surface area contributed by atoms with Gasteiger partial charge in [0.1, 0.15) is 0 Å². The lowest BCUT2D eigenvalue weighted by atomic mass is 9.83. The molecule has 2 N–H and O–H groups in total. The average Bonchev–Trinajstić information content (AvgIpc) is 2.61. The summed E-state index contributed by atoms with van der Waals surface area (Å²) in [4.78, 5) is 0.261. The van der Waals surface area contributed by atoms with Crippen molar-refractivity contribution in [2.75, 3.05) is 12.4 Å². The Morgan fingerprint density at radius 1 is 1.25 bits per heavy atom. The highest BCUT2D eigenvalue weighted by Gasteiger charge is 2.20. The van der Waals surface area contributed by atoms with Gasteiger partial charge in [0.15, 0.2) is 0 Å². The largest absolute Gasteiger partial charge is 0.355 e. The van der Waals surface area contributed by atoms with Crippen molar-refractivity contribution in [1.82, 2.24) is 4.72 Å². The third kappa shape index (κ3) is 4.28. The smallest absolute Gasteiger partial charge is 0.240 e. The Hall–Kier alpha value is -1.59. The van der Waals surface area contributed by atoms with E-state index in [9.17, 15) is 8.42 Å². The maximum atomic E-state index is 12.0. The van der Waals surface area contributed by atoms with Crippen LogP contribution in [-0.2, 0) is 10.0 Å². The van der Waals surface area contributed by atoms with Gasteiger partial charge < -0.3 is 5.32 Å². The summed E-state index contributed by atoms with van der Waals surface area (Å²) in [5.74, 6) is 0.516. The van der Waals surface area contributed by atoms with Crippen molar-refractivity contribution in [3.05, 3.63) is 47.7 Å². The van der Waals surface area contributed by atoms with E-state index in [1.54, 1.807) is 12.1 Å². The molecule has 2 rings (SSSR count). The highest BCUT2D eigenvalue weighted by molar-refractivity contribution is 7.89. The van der Waals surface area contributed by atoms with Crippen LogP contribution in [0.4, 0.5) is 5.69 Å². The molecule has 4 nitrogen and oxygen atoms in total. The number of nitrogens with one attached hydrogen (secondary N) is 2. The second kappa shape index (κ2) is 7.99. The van der Waals surface area contributed by atoms with Gasteiger partial charge in [-0.1, -0.05) is 38.0 Å². The molecular weight excluding hydrogens is 320 g/mol. The molecule has 0 spiro atoms. The molecule has 0 atom stereocenters. The predicted molar refractivity (Wildman–Crippen MR) is 101 cm³/mol. The fourth-order valence-electron chi connectivity index (χ4n) is 3.17. The maximum Gasteiger partial charge on any atom is 0.240 e. The molecule has 0 aromatic heterocycles. The second-order valence-corrected chi connectivity index (χ2v) is 8.26. The number of aryl methyl sites for hydroxylation is 1. The van der Waals surface area contributed by atoms with Crippen molar-refractivity contribution in [2.24, 2.45) is 5.92 Å². The number of benzene rings is 1. The molecule has 1 aromatic rings. The number of hydrogen-bond acceptors (Lipinski definition) is 3. The zero-order chi connectivity index (χ0) is 17.7. The van der Waals surface area contributed by atoms with Gasteiger partial charge in [-0.2, -0.15) is 0 Å². The van der Waals surface area contributed by atoms with E-state index in [0.29, 0.717) is 5.92 Å². The van der Waals surface area contributed by atoms with Gasteiger partial charge >= 0.3 is 0 Å². The molecule has 0 amide bonds. The van der Waals surface area contributed by atoms with Crippen molar-refractivity contribution in [1.29, 1.82) is 0 Å². The van der Waals surface area contributed by atoms with E-state index in [2.05, 4.69) is 16.6 Å². The first-order valence-corrected chi connectivity index (χ1v) is 10.0. The summed E-state index contributed by atoms with van der Waals surface area (Å²) in [6.07, 6.45) is 8.22. The minimum absolute atomic E-state index is 0.261. The van der Waals surface area contributed by atoms with Crippen LogP contribution in [0.1, 0.15) is 44.6 Å². The Kier molecular flexibility index (Phi) is 6.24. The molecule has 1 aliphatic carbocycles. The molecule has 1 fully saturated rings. The predicted octanol–water partition coefficient (Wildman–Crippen LogP) is 4.36. The summed E-state index contributed by atoms with van der Waals surface area (Å²) in [6, 6.07) is 5.12. The number of rotatable bonds is 6. The molecule has 1 saturated carbocycles. The van der Waals surface area contributed by atoms with Gasteiger partial charge in [-0.3, -0.25) is 0 Å². The first kappa shape index (κ1) is 18.7. The third-order valence-corrected chi connectivity index (χ3v) is 6.20. The Bertz CT molecular complexity index is 730. The van der Waals surface area contributed by atoms with Gasteiger partial charge in [0.05, 0.1) is 4.90 Å². The SMILES string of the molecule is C=C(/C(=C\C)Nc1cc(S(=O)(=O)NC)ccc1C)C1CCCCC1. The van der Waals surface area contributed by atoms with Crippen LogP contribution in [0.15, 0.2) is 47.0 Å². The van der Waals surface area contributed by atoms with Crippen LogP contribution < -0.4 is 10.0 Å². The first-order chi connectivity index (χ1) is 11.4. The van der Waals surface area contributed by atoms with Crippen LogP contribution in [0.5, 0.6) is 0 Å². The lowest BCUT2D eigenvalue weighted by Crippen LogP contribution is -2.19. The monoisotopic (exact) mass is 348 g/mol. The van der Waals surface area contributed by atoms with Crippen LogP contribution in [0, 0.1) is 12.8 Å². The Labute approximate surface area is 146 Å². The quantitative estimate of drug-likeness (QED) is 0.751. The molecule has 0 radical (unpaired) electrons. The number of anilines is 1. The fourth-order valence-corrected chi connectivity index (χ4v) is 3.93. The number of hydrogen-bond donors (Lipinski definition) is 2. The summed E-state index contributed by atoms with van der Waals surface area (Å²) >= 11 is 0. The van der Waals surface area contributed by atoms with E-state index in [-0.39, 0.29) is 4.90 Å². The topological polar surface area (TPSA) is 58.2 Å². The van der Waals surface area contributed by atoms with E-state index < -0.39 is 10.0 Å². The lowest BCUT2D eigenvalue weighted by Gasteiger charge is -2.26. The Balaban J connectivity index is 2.24. The van der Waals surface area contributed by atoms with Crippen molar-refractivity contribution < 1.29 is 8.42 Å². The zero-order valence-electron chi connectivity index (χ0n) is 14.9. The van der Waals surface area contributed by atoms with Gasteiger partial charge in [-0.05, 0) is 62.9 Å². The molecular formula is C19H28N2O2S. The minimum Gasteiger partial charge on any atom is -0.355 e. The Morgan fingerprint density at radius 3 is 2.50 bits per heavy atom. The van der Waals surface area contributed by atoms with Crippen molar-refractivity contribution in [3.8, 4) is 0 Å². The maximum absolute atomic E-state index is 12.0. The Morgan fingerprint density at radius 2 is 1.92 bits per heavy atom. The molecule has 24 heavy (non-hydrogen) atoms. The summed E-state index contributed by atoms with van der Waals surface area (Å²) in [5.41, 5.74) is 3.92. The van der Waals surface area contributed by atoms with E-state index in [1.165, 1.54) is 39.2 Å². The van der Waals surface area contributed by atoms with Crippen LogP contribution in [-0.4, -0.2) is 15.5 Å². The molecule has 5 heteroatoms. The summed E-state index contributed by atoms with van der Waals surface area (Å²) < 4.78 is 26.4. The van der Waals surface area contributed by atoms with E-state index in [0.717, 1.165) is 22.5 Å². The second-order valence-electron chi connectivity index (χ2n) is 6.37. The normalized spacial score (nSPS) is 16.9. The number of allylic oxidation sites excluding steroid dienone is 2. The molecule has 132 valence electrons. The van der Waals surface area contributed by atoms with E-state index in [4.69, 9.17) is 0 Å². The molecule has 1 aliphatic rings. The third-order valence-electron chi connectivity index (χ3n) is 4.79. The van der Waals surface area contributed by atoms with E-state index >= 15 is 0 Å². The lowest BCUT2D eigenvalue weighted by molar-refractivity contribution is 0.406. The van der Waals surface area contributed by atoms with Gasteiger partial charge in [0, 0.05) is 11.4 Å². The average molecular weight is 349 g/mol. The molecule has 0 unspecified atom stereocenters. The van der Waals surface area contributed by atoms with Crippen molar-refractivity contribution >= 4 is 15.7 Å². The standard InChI is InChI=1S/C19H28N2O2S/c1-5-18(15(3)16-9-7-6-8-10-16)21-19-13-17(12-11-14(19)2)24(22,23)20-4/h5,11-13,16,20-21H,3,6-10H2,1-2,4H3/b18-5+. The van der Waals surface area contributed by atoms with Gasteiger partial charge in [0.2, 0.25) is 10.0 Å². The highest BCUT2D eigenvalue weighted by Crippen LogP contribution is 2.33. The highest BCUT2D eigenvalue weighted by atomic mass is 32.2. The van der Waals surface area contributed by atoms with Crippen LogP contribution in [0.3, 0.4) is 0 Å². The molecule has 0 aliphatic heterocycles. The minimum atomic E-state index is -3.45. The van der Waals surface area contributed by atoms with E-state index in [1.807, 2.05) is 26.0 Å². The summed E-state index contributed by atoms with van der Waals surface area (Å²) in [5, 5.41) is 3.40. The molecule has 0 bridgehead atoms. The zero-order valence-corrected chi connectivity index (χ0v) is 15.7. The van der Waals surface area contributed by atoms with Crippen LogP contribution in [0.25, 0.3) is 0 Å². The van der Waals surface area contributed by atoms with Gasteiger partial charge in [0.25, 0.3) is 0 Å². The molecule has 1 aromatic carbocycles. The number of sulfonamides is 1. The summed E-state index contributed by atoms with van der Waals surface area (Å²) in [6.45, 7) is 8.25. The van der Waals surface area contributed by atoms with Gasteiger partial charge in [-0.25, -0.2) is 13.1 Å². The summed E-state index contributed by atoms with van der Waals surface area (Å²) in [7, 11) is -2.03. The molecule has 0 heterocycles. The van der Waals surface area contributed by atoms with Crippen molar-refractivity contribution in [3.63, 3.8) is 0 Å². The van der Waals surface area contributed by atoms with Crippen LogP contribution in [0.2, 0.25) is 0 Å². The first-order valence-electron chi connectivity index (χ1n) is 8.55. The van der Waals surface area contributed by atoms with Crippen LogP contribution >= 0.6 is 0 Å². The molecule has 0 saturated heterocycles. The van der Waals surface area contributed by atoms with Crippen molar-refractivity contribution in [2.45, 2.75) is 50.8 Å².